The standard InChI is InChI=1S/C15H20N2O4/c1-18-13-8-11(9-14(19-2)15(13)20-3)12(10-16)17-4-6-21-7-5-17/h8-9,12H,4-7H2,1-3H3/t12-/m1/s1. The van der Waals surface area contributed by atoms with Gasteiger partial charge in [-0.2, -0.15) is 5.26 Å². The van der Waals surface area contributed by atoms with Gasteiger partial charge in [-0.1, -0.05) is 0 Å². The van der Waals surface area contributed by atoms with Crippen LogP contribution in [0.1, 0.15) is 11.6 Å². The van der Waals surface area contributed by atoms with Crippen molar-refractivity contribution in [2.45, 2.75) is 6.04 Å². The Balaban J connectivity index is 2.39. The molecule has 0 amide bonds. The van der Waals surface area contributed by atoms with Crippen molar-refractivity contribution in [3.8, 4) is 23.3 Å². The maximum Gasteiger partial charge on any atom is 0.203 e. The topological polar surface area (TPSA) is 64.0 Å². The Morgan fingerprint density at radius 3 is 2.10 bits per heavy atom. The molecule has 0 bridgehead atoms. The second kappa shape index (κ2) is 7.16. The van der Waals surface area contributed by atoms with Crippen LogP contribution >= 0.6 is 0 Å². The Morgan fingerprint density at radius 1 is 1.10 bits per heavy atom. The number of nitriles is 1. The fourth-order valence-corrected chi connectivity index (χ4v) is 2.46. The molecule has 1 saturated heterocycles. The molecule has 0 radical (unpaired) electrons. The fraction of sp³-hybridized carbons (Fsp3) is 0.533. The van der Waals surface area contributed by atoms with Crippen LogP contribution in [0.25, 0.3) is 0 Å². The van der Waals surface area contributed by atoms with Crippen LogP contribution in [0.2, 0.25) is 0 Å². The summed E-state index contributed by atoms with van der Waals surface area (Å²) in [7, 11) is 4.69. The molecule has 2 rings (SSSR count). The van der Waals surface area contributed by atoms with Gasteiger partial charge in [0.25, 0.3) is 0 Å². The van der Waals surface area contributed by atoms with Crippen molar-refractivity contribution in [1.29, 1.82) is 5.26 Å². The van der Waals surface area contributed by atoms with Crippen molar-refractivity contribution in [2.24, 2.45) is 0 Å². The molecule has 114 valence electrons. The third-order valence-electron chi connectivity index (χ3n) is 3.54. The molecule has 0 aliphatic carbocycles. The summed E-state index contributed by atoms with van der Waals surface area (Å²) in [6, 6.07) is 5.64. The van der Waals surface area contributed by atoms with Crippen LogP contribution in [0.5, 0.6) is 17.2 Å². The van der Waals surface area contributed by atoms with Gasteiger partial charge in [-0.25, -0.2) is 0 Å². The van der Waals surface area contributed by atoms with Crippen molar-refractivity contribution in [3.05, 3.63) is 17.7 Å². The van der Waals surface area contributed by atoms with Gasteiger partial charge in [0.2, 0.25) is 5.75 Å². The summed E-state index contributed by atoms with van der Waals surface area (Å²) in [6.45, 7) is 2.75. The Hall–Kier alpha value is -1.97. The van der Waals surface area contributed by atoms with Crippen molar-refractivity contribution in [2.75, 3.05) is 47.6 Å². The van der Waals surface area contributed by atoms with E-state index in [1.807, 2.05) is 12.1 Å². The van der Waals surface area contributed by atoms with Crippen LogP contribution in [0.3, 0.4) is 0 Å². The van der Waals surface area contributed by atoms with Crippen LogP contribution in [-0.4, -0.2) is 52.5 Å². The van der Waals surface area contributed by atoms with Crippen molar-refractivity contribution in [3.63, 3.8) is 0 Å². The summed E-state index contributed by atoms with van der Waals surface area (Å²) in [5, 5.41) is 9.54. The molecule has 1 heterocycles. The molecule has 1 atom stereocenters. The van der Waals surface area contributed by atoms with Crippen LogP contribution in [-0.2, 0) is 4.74 Å². The molecule has 1 aromatic carbocycles. The zero-order valence-electron chi connectivity index (χ0n) is 12.6. The predicted molar refractivity (Wildman–Crippen MR) is 76.8 cm³/mol. The van der Waals surface area contributed by atoms with Crippen molar-refractivity contribution < 1.29 is 18.9 Å². The molecular formula is C15H20N2O4. The number of ether oxygens (including phenoxy) is 4. The molecule has 1 aliphatic heterocycles. The third-order valence-corrected chi connectivity index (χ3v) is 3.54. The van der Waals surface area contributed by atoms with Gasteiger partial charge in [0.1, 0.15) is 6.04 Å². The van der Waals surface area contributed by atoms with Gasteiger partial charge in [-0.05, 0) is 17.7 Å². The van der Waals surface area contributed by atoms with E-state index in [1.54, 1.807) is 21.3 Å². The summed E-state index contributed by atoms with van der Waals surface area (Å²) < 4.78 is 21.3. The summed E-state index contributed by atoms with van der Waals surface area (Å²) >= 11 is 0. The minimum absolute atomic E-state index is 0.359. The molecule has 1 aromatic rings. The number of methoxy groups -OCH3 is 3. The van der Waals surface area contributed by atoms with Gasteiger partial charge >= 0.3 is 0 Å². The largest absolute Gasteiger partial charge is 0.493 e. The van der Waals surface area contributed by atoms with E-state index in [1.165, 1.54) is 0 Å². The summed E-state index contributed by atoms with van der Waals surface area (Å²) in [4.78, 5) is 2.09. The lowest BCUT2D eigenvalue weighted by Crippen LogP contribution is -2.38. The van der Waals surface area contributed by atoms with Crippen LogP contribution in [0.15, 0.2) is 12.1 Å². The zero-order valence-corrected chi connectivity index (χ0v) is 12.6. The first-order valence-corrected chi connectivity index (χ1v) is 6.76. The Bertz CT molecular complexity index is 496. The fourth-order valence-electron chi connectivity index (χ4n) is 2.46. The number of morpholine rings is 1. The van der Waals surface area contributed by atoms with E-state index in [4.69, 9.17) is 18.9 Å². The molecule has 1 aliphatic rings. The number of hydrogen-bond donors (Lipinski definition) is 0. The number of benzene rings is 1. The highest BCUT2D eigenvalue weighted by Gasteiger charge is 2.25. The maximum atomic E-state index is 9.54. The van der Waals surface area contributed by atoms with Gasteiger partial charge in [0.15, 0.2) is 11.5 Å². The number of hydrogen-bond acceptors (Lipinski definition) is 6. The maximum absolute atomic E-state index is 9.54. The first kappa shape index (κ1) is 15.4. The second-order valence-corrected chi connectivity index (χ2v) is 4.64. The van der Waals surface area contributed by atoms with E-state index < -0.39 is 0 Å². The van der Waals surface area contributed by atoms with E-state index in [0.717, 1.165) is 18.7 Å². The third kappa shape index (κ3) is 3.20. The number of rotatable bonds is 5. The van der Waals surface area contributed by atoms with Crippen molar-refractivity contribution >= 4 is 0 Å². The minimum atomic E-state index is -0.359. The summed E-state index contributed by atoms with van der Waals surface area (Å²) in [5.74, 6) is 1.64. The average molecular weight is 292 g/mol. The quantitative estimate of drug-likeness (QED) is 0.821. The van der Waals surface area contributed by atoms with Crippen molar-refractivity contribution in [1.82, 2.24) is 4.90 Å². The Kier molecular flexibility index (Phi) is 5.26. The first-order chi connectivity index (χ1) is 10.2. The summed E-state index contributed by atoms with van der Waals surface area (Å²) in [6.07, 6.45) is 0. The smallest absolute Gasteiger partial charge is 0.203 e. The first-order valence-electron chi connectivity index (χ1n) is 6.76. The lowest BCUT2D eigenvalue weighted by atomic mass is 10.0. The molecular weight excluding hydrogens is 272 g/mol. The minimum Gasteiger partial charge on any atom is -0.493 e. The number of nitrogens with zero attached hydrogens (tertiary/aromatic N) is 2. The Labute approximate surface area is 124 Å². The van der Waals surface area contributed by atoms with E-state index in [9.17, 15) is 5.26 Å². The predicted octanol–water partition coefficient (Wildman–Crippen LogP) is 1.61. The molecule has 21 heavy (non-hydrogen) atoms. The van der Waals surface area contributed by atoms with Crippen LogP contribution in [0, 0.1) is 11.3 Å². The highest BCUT2D eigenvalue weighted by atomic mass is 16.5. The summed E-state index contributed by atoms with van der Waals surface area (Å²) in [5.41, 5.74) is 0.828. The SMILES string of the molecule is COc1cc([C@@H](C#N)N2CCOCC2)cc(OC)c1OC. The van der Waals surface area contributed by atoms with Gasteiger partial charge in [-0.15, -0.1) is 0 Å². The Morgan fingerprint density at radius 2 is 1.67 bits per heavy atom. The van der Waals surface area contributed by atoms with E-state index in [0.29, 0.717) is 30.5 Å². The molecule has 0 aromatic heterocycles. The van der Waals surface area contributed by atoms with E-state index in [-0.39, 0.29) is 6.04 Å². The second-order valence-electron chi connectivity index (χ2n) is 4.64. The van der Waals surface area contributed by atoms with Crippen LogP contribution in [0.4, 0.5) is 0 Å². The molecule has 0 N–H and O–H groups in total. The van der Waals surface area contributed by atoms with Crippen LogP contribution < -0.4 is 14.2 Å². The lowest BCUT2D eigenvalue weighted by Gasteiger charge is -2.31. The zero-order chi connectivity index (χ0) is 15.2. The molecule has 6 nitrogen and oxygen atoms in total. The normalized spacial score (nSPS) is 16.9. The molecule has 0 spiro atoms. The highest BCUT2D eigenvalue weighted by Crippen LogP contribution is 2.40. The molecule has 0 unspecified atom stereocenters. The van der Waals surface area contributed by atoms with E-state index >= 15 is 0 Å². The molecule has 6 heteroatoms. The molecule has 0 saturated carbocycles. The van der Waals surface area contributed by atoms with Gasteiger partial charge in [0.05, 0.1) is 40.6 Å². The van der Waals surface area contributed by atoms with E-state index in [2.05, 4.69) is 11.0 Å². The average Bonchev–Trinajstić information content (AvgIpc) is 2.55. The van der Waals surface area contributed by atoms with Gasteiger partial charge in [0, 0.05) is 13.1 Å². The highest BCUT2D eigenvalue weighted by molar-refractivity contribution is 5.55. The monoisotopic (exact) mass is 292 g/mol. The van der Waals surface area contributed by atoms with Gasteiger partial charge < -0.3 is 18.9 Å². The molecule has 1 fully saturated rings. The lowest BCUT2D eigenvalue weighted by molar-refractivity contribution is 0.0266. The van der Waals surface area contributed by atoms with Gasteiger partial charge in [-0.3, -0.25) is 4.90 Å².